The number of anilines is 2. The molecule has 1 unspecified atom stereocenters. The summed E-state index contributed by atoms with van der Waals surface area (Å²) in [5, 5.41) is 12.0. The zero-order chi connectivity index (χ0) is 22.2. The summed E-state index contributed by atoms with van der Waals surface area (Å²) in [4.78, 5) is 31.1. The number of nitrogens with one attached hydrogen (secondary N) is 3. The van der Waals surface area contributed by atoms with Gasteiger partial charge in [-0.1, -0.05) is 6.07 Å². The normalized spacial score (nSPS) is 11.8. The number of nitrogens with zero attached hydrogens (tertiary/aromatic N) is 2. The van der Waals surface area contributed by atoms with E-state index in [0.717, 1.165) is 12.1 Å². The van der Waals surface area contributed by atoms with Crippen LogP contribution in [0.15, 0.2) is 51.9 Å². The lowest BCUT2D eigenvalue weighted by atomic mass is 10.1. The fourth-order valence-corrected chi connectivity index (χ4v) is 3.51. The molecule has 3 rings (SSSR count). The quantitative estimate of drug-likeness (QED) is 0.404. The molecule has 0 bridgehead atoms. The molecule has 0 aliphatic carbocycles. The Kier molecular flexibility index (Phi) is 7.63. The highest BCUT2D eigenvalue weighted by Gasteiger charge is 2.17. The molecule has 3 amide bonds. The molecule has 0 aliphatic rings. The van der Waals surface area contributed by atoms with Gasteiger partial charge in [0.25, 0.3) is 5.91 Å². The van der Waals surface area contributed by atoms with Crippen LogP contribution >= 0.6 is 11.3 Å². The molecular formula is C21H26N6O3S. The second kappa shape index (κ2) is 10.6. The summed E-state index contributed by atoms with van der Waals surface area (Å²) < 4.78 is 5.23. The van der Waals surface area contributed by atoms with Crippen LogP contribution in [0.5, 0.6) is 0 Å². The zero-order valence-electron chi connectivity index (χ0n) is 17.4. The molecule has 3 heterocycles. The lowest BCUT2D eigenvalue weighted by Gasteiger charge is -2.21. The van der Waals surface area contributed by atoms with Crippen LogP contribution in [0, 0.1) is 0 Å². The highest BCUT2D eigenvalue weighted by molar-refractivity contribution is 7.09. The maximum Gasteiger partial charge on any atom is 0.315 e. The van der Waals surface area contributed by atoms with E-state index >= 15 is 0 Å². The molecule has 0 saturated heterocycles. The number of rotatable bonds is 9. The molecule has 0 saturated carbocycles. The Hall–Kier alpha value is -3.37. The molecule has 0 radical (unpaired) electrons. The Morgan fingerprint density at radius 1 is 1.26 bits per heavy atom. The number of nitrogens with two attached hydrogens (primary N) is 1. The topological polar surface area (TPSA) is 126 Å². The number of amides is 3. The minimum atomic E-state index is -0.342. The van der Waals surface area contributed by atoms with Gasteiger partial charge in [0.05, 0.1) is 30.2 Å². The average molecular weight is 443 g/mol. The van der Waals surface area contributed by atoms with E-state index in [1.807, 2.05) is 19.0 Å². The van der Waals surface area contributed by atoms with Gasteiger partial charge >= 0.3 is 6.03 Å². The minimum absolute atomic E-state index is 0.267. The van der Waals surface area contributed by atoms with Crippen LogP contribution in [0.3, 0.4) is 0 Å². The lowest BCUT2D eigenvalue weighted by molar-refractivity contribution is 0.102. The minimum Gasteiger partial charge on any atom is -0.467 e. The van der Waals surface area contributed by atoms with E-state index in [1.54, 1.807) is 47.5 Å². The van der Waals surface area contributed by atoms with Gasteiger partial charge in [-0.25, -0.2) is 4.79 Å². The molecule has 0 aromatic carbocycles. The van der Waals surface area contributed by atoms with Gasteiger partial charge in [0, 0.05) is 17.0 Å². The van der Waals surface area contributed by atoms with Crippen LogP contribution < -0.4 is 21.7 Å². The zero-order valence-corrected chi connectivity index (χ0v) is 18.2. The third-order valence-electron chi connectivity index (χ3n) is 4.54. The van der Waals surface area contributed by atoms with Crippen molar-refractivity contribution in [3.63, 3.8) is 0 Å². The standard InChI is InChI=1S/C21H26N6O3S/c1-27(2)8-7-17(26-21(29)24-11-15-4-3-9-30-15)14-5-6-18(23-10-14)20(28)25-19-13-31-12-16(19)22/h3-6,9-10,12-13,17H,7-8,11,22H2,1-2H3,(H,25,28)(H2,24,26,29). The van der Waals surface area contributed by atoms with Gasteiger partial charge in [0.15, 0.2) is 0 Å². The van der Waals surface area contributed by atoms with Crippen LogP contribution in [-0.2, 0) is 6.54 Å². The average Bonchev–Trinajstić information content (AvgIpc) is 3.41. The molecule has 0 aliphatic heterocycles. The van der Waals surface area contributed by atoms with Gasteiger partial charge in [-0.05, 0) is 50.8 Å². The molecule has 1 atom stereocenters. The van der Waals surface area contributed by atoms with E-state index in [2.05, 4.69) is 20.9 Å². The predicted octanol–water partition coefficient (Wildman–Crippen LogP) is 3.06. The van der Waals surface area contributed by atoms with Crippen molar-refractivity contribution in [1.29, 1.82) is 0 Å². The monoisotopic (exact) mass is 442 g/mol. The summed E-state index contributed by atoms with van der Waals surface area (Å²) in [5.74, 6) is 0.328. The van der Waals surface area contributed by atoms with E-state index in [0.29, 0.717) is 30.1 Å². The van der Waals surface area contributed by atoms with E-state index < -0.39 is 0 Å². The molecule has 0 spiro atoms. The van der Waals surface area contributed by atoms with Crippen molar-refractivity contribution in [2.45, 2.75) is 19.0 Å². The Labute approximate surface area is 184 Å². The Balaban J connectivity index is 1.64. The first kappa shape index (κ1) is 22.3. The van der Waals surface area contributed by atoms with E-state index in [1.165, 1.54) is 11.3 Å². The SMILES string of the molecule is CN(C)CCC(NC(=O)NCc1ccco1)c1ccc(C(=O)Nc2cscc2N)nc1. The van der Waals surface area contributed by atoms with Crippen LogP contribution in [0.4, 0.5) is 16.2 Å². The molecule has 31 heavy (non-hydrogen) atoms. The van der Waals surface area contributed by atoms with E-state index in [9.17, 15) is 9.59 Å². The van der Waals surface area contributed by atoms with Crippen LogP contribution in [0.2, 0.25) is 0 Å². The first-order valence-electron chi connectivity index (χ1n) is 9.73. The maximum atomic E-state index is 12.4. The van der Waals surface area contributed by atoms with Crippen LogP contribution in [-0.4, -0.2) is 42.5 Å². The van der Waals surface area contributed by atoms with Gasteiger partial charge in [0.1, 0.15) is 11.5 Å². The molecule has 0 fully saturated rings. The van der Waals surface area contributed by atoms with Crippen molar-refractivity contribution in [3.05, 3.63) is 64.5 Å². The molecule has 164 valence electrons. The summed E-state index contributed by atoms with van der Waals surface area (Å²) >= 11 is 1.41. The van der Waals surface area contributed by atoms with Gasteiger partial charge in [-0.3, -0.25) is 9.78 Å². The molecule has 3 aromatic heterocycles. The second-order valence-corrected chi connectivity index (χ2v) is 7.97. The van der Waals surface area contributed by atoms with Crippen molar-refractivity contribution >= 4 is 34.6 Å². The van der Waals surface area contributed by atoms with Crippen molar-refractivity contribution in [1.82, 2.24) is 20.5 Å². The lowest BCUT2D eigenvalue weighted by Crippen LogP contribution is -2.38. The van der Waals surface area contributed by atoms with Crippen LogP contribution in [0.1, 0.15) is 34.3 Å². The molecule has 9 nitrogen and oxygen atoms in total. The first-order chi connectivity index (χ1) is 14.9. The largest absolute Gasteiger partial charge is 0.467 e. The third kappa shape index (κ3) is 6.56. The number of nitrogen functional groups attached to an aromatic ring is 1. The summed E-state index contributed by atoms with van der Waals surface area (Å²) in [6.45, 7) is 1.06. The van der Waals surface area contributed by atoms with Gasteiger partial charge in [-0.2, -0.15) is 0 Å². The number of aromatic nitrogens is 1. The van der Waals surface area contributed by atoms with Crippen molar-refractivity contribution < 1.29 is 14.0 Å². The predicted molar refractivity (Wildman–Crippen MR) is 121 cm³/mol. The number of urea groups is 1. The number of pyridine rings is 1. The second-order valence-electron chi connectivity index (χ2n) is 7.22. The van der Waals surface area contributed by atoms with Gasteiger partial charge in [-0.15, -0.1) is 11.3 Å². The van der Waals surface area contributed by atoms with Crippen molar-refractivity contribution in [3.8, 4) is 0 Å². The fraction of sp³-hybridized carbons (Fsp3) is 0.286. The van der Waals surface area contributed by atoms with E-state index in [-0.39, 0.29) is 23.7 Å². The van der Waals surface area contributed by atoms with Crippen molar-refractivity contribution in [2.24, 2.45) is 0 Å². The number of carbonyl (C=O) groups excluding carboxylic acids is 2. The number of carbonyl (C=O) groups is 2. The van der Waals surface area contributed by atoms with Crippen LogP contribution in [0.25, 0.3) is 0 Å². The number of hydrogen-bond donors (Lipinski definition) is 4. The van der Waals surface area contributed by atoms with E-state index in [4.69, 9.17) is 10.2 Å². The third-order valence-corrected chi connectivity index (χ3v) is 5.30. The number of furan rings is 1. The summed E-state index contributed by atoms with van der Waals surface area (Å²) in [5.41, 5.74) is 7.97. The highest BCUT2D eigenvalue weighted by Crippen LogP contribution is 2.23. The Morgan fingerprint density at radius 3 is 2.71 bits per heavy atom. The molecular weight excluding hydrogens is 416 g/mol. The maximum absolute atomic E-state index is 12.4. The van der Waals surface area contributed by atoms with Crippen molar-refractivity contribution in [2.75, 3.05) is 31.7 Å². The van der Waals surface area contributed by atoms with Gasteiger partial charge < -0.3 is 31.0 Å². The number of hydrogen-bond acceptors (Lipinski definition) is 7. The highest BCUT2D eigenvalue weighted by atomic mass is 32.1. The number of thiophene rings is 1. The summed E-state index contributed by atoms with van der Waals surface area (Å²) in [6.07, 6.45) is 3.85. The Morgan fingerprint density at radius 2 is 2.10 bits per heavy atom. The first-order valence-corrected chi connectivity index (χ1v) is 10.7. The van der Waals surface area contributed by atoms with Gasteiger partial charge in [0.2, 0.25) is 0 Å². The molecule has 5 N–H and O–H groups in total. The molecule has 10 heteroatoms. The Bertz CT molecular complexity index is 985. The smallest absolute Gasteiger partial charge is 0.315 e. The fourth-order valence-electron chi connectivity index (χ4n) is 2.84. The summed E-state index contributed by atoms with van der Waals surface area (Å²) in [6, 6.07) is 6.42. The molecule has 3 aromatic rings. The summed E-state index contributed by atoms with van der Waals surface area (Å²) in [7, 11) is 3.94.